The maximum Gasteiger partial charge on any atom is 0.256 e. The molecule has 6 nitrogen and oxygen atoms in total. The number of hydrogen-bond donors (Lipinski definition) is 1. The summed E-state index contributed by atoms with van der Waals surface area (Å²) in [5.74, 6) is -0.199. The van der Waals surface area contributed by atoms with Crippen molar-refractivity contribution in [1.82, 2.24) is 20.0 Å². The van der Waals surface area contributed by atoms with Crippen LogP contribution in [0.15, 0.2) is 54.6 Å². The van der Waals surface area contributed by atoms with Gasteiger partial charge < -0.3 is 15.1 Å². The van der Waals surface area contributed by atoms with Crippen molar-refractivity contribution in [1.29, 1.82) is 0 Å². The Morgan fingerprint density at radius 1 is 1.03 bits per heavy atom. The molecule has 3 aromatic rings. The maximum atomic E-state index is 13.0. The summed E-state index contributed by atoms with van der Waals surface area (Å²) < 4.78 is 1.68. The van der Waals surface area contributed by atoms with Crippen LogP contribution in [0.5, 0.6) is 0 Å². The Balaban J connectivity index is 1.46. The second kappa shape index (κ2) is 9.54. The largest absolute Gasteiger partial charge is 0.369 e. The normalized spacial score (nSPS) is 14.6. The number of carbonyl (C=O) groups excluding carboxylic acids is 1. The third-order valence-corrected chi connectivity index (χ3v) is 6.13. The molecular weight excluding hydrogens is 410 g/mol. The van der Waals surface area contributed by atoms with Crippen LogP contribution in [-0.4, -0.2) is 53.8 Å². The lowest BCUT2D eigenvalue weighted by Gasteiger charge is -2.35. The number of anilines is 1. The van der Waals surface area contributed by atoms with Gasteiger partial charge in [-0.25, -0.2) is 4.68 Å². The number of aromatic nitrogens is 2. The predicted molar refractivity (Wildman–Crippen MR) is 125 cm³/mol. The fourth-order valence-corrected chi connectivity index (χ4v) is 4.27. The molecule has 0 atom stereocenters. The van der Waals surface area contributed by atoms with E-state index in [9.17, 15) is 4.79 Å². The quantitative estimate of drug-likeness (QED) is 0.640. The number of halogens is 1. The number of rotatable bonds is 6. The number of nitrogens with one attached hydrogen (secondary N) is 1. The summed E-state index contributed by atoms with van der Waals surface area (Å²) in [6.45, 7) is 6.84. The van der Waals surface area contributed by atoms with Crippen molar-refractivity contribution in [3.05, 3.63) is 82.1 Å². The second-order valence-corrected chi connectivity index (χ2v) is 8.35. The molecule has 1 saturated heterocycles. The van der Waals surface area contributed by atoms with E-state index in [-0.39, 0.29) is 5.91 Å². The number of likely N-dealkylation sites (N-methyl/N-ethyl adjacent to an activating group) is 1. The lowest BCUT2D eigenvalue weighted by Crippen LogP contribution is -2.45. The average Bonchev–Trinajstić information content (AvgIpc) is 3.06. The Morgan fingerprint density at radius 3 is 2.45 bits per heavy atom. The van der Waals surface area contributed by atoms with Crippen LogP contribution in [0.1, 0.15) is 27.2 Å². The Hall–Kier alpha value is -2.83. The zero-order valence-corrected chi connectivity index (χ0v) is 18.8. The Morgan fingerprint density at radius 2 is 1.71 bits per heavy atom. The van der Waals surface area contributed by atoms with Crippen LogP contribution in [0.3, 0.4) is 0 Å². The molecule has 7 heteroatoms. The molecule has 0 radical (unpaired) electrons. The SMILES string of the molecule is Cc1nn(Cc2ccccc2)c(Cl)c1C(=O)NCc1ccccc1N1CCN(C)CC1. The summed E-state index contributed by atoms with van der Waals surface area (Å²) in [6, 6.07) is 18.2. The molecule has 1 aliphatic rings. The number of aryl methyl sites for hydroxylation is 1. The van der Waals surface area contributed by atoms with E-state index in [0.717, 1.165) is 37.3 Å². The molecule has 0 bridgehead atoms. The first-order valence-electron chi connectivity index (χ1n) is 10.6. The van der Waals surface area contributed by atoms with E-state index in [1.807, 2.05) is 49.4 Å². The van der Waals surface area contributed by atoms with E-state index in [4.69, 9.17) is 11.6 Å². The van der Waals surface area contributed by atoms with E-state index in [1.54, 1.807) is 4.68 Å². The average molecular weight is 438 g/mol. The number of carbonyl (C=O) groups is 1. The van der Waals surface area contributed by atoms with Gasteiger partial charge in [-0.3, -0.25) is 4.79 Å². The number of hydrogen-bond acceptors (Lipinski definition) is 4. The lowest BCUT2D eigenvalue weighted by molar-refractivity contribution is 0.0950. The van der Waals surface area contributed by atoms with Crippen LogP contribution < -0.4 is 10.2 Å². The highest BCUT2D eigenvalue weighted by molar-refractivity contribution is 6.33. The molecule has 0 aliphatic carbocycles. The molecule has 4 rings (SSSR count). The molecule has 1 aliphatic heterocycles. The summed E-state index contributed by atoms with van der Waals surface area (Å²) in [6.07, 6.45) is 0. The van der Waals surface area contributed by atoms with Crippen LogP contribution in [0, 0.1) is 6.92 Å². The number of para-hydroxylation sites is 1. The molecule has 31 heavy (non-hydrogen) atoms. The monoisotopic (exact) mass is 437 g/mol. The van der Waals surface area contributed by atoms with Crippen molar-refractivity contribution >= 4 is 23.2 Å². The number of benzene rings is 2. The van der Waals surface area contributed by atoms with Crippen LogP contribution in [-0.2, 0) is 13.1 Å². The van der Waals surface area contributed by atoms with Gasteiger partial charge in [0.25, 0.3) is 5.91 Å². The predicted octanol–water partition coefficient (Wildman–Crippen LogP) is 3.58. The van der Waals surface area contributed by atoms with E-state index in [0.29, 0.717) is 29.5 Å². The first kappa shape index (κ1) is 21.4. The molecular formula is C24H28ClN5O. The van der Waals surface area contributed by atoms with Gasteiger partial charge in [0.2, 0.25) is 0 Å². The van der Waals surface area contributed by atoms with Crippen LogP contribution in [0.4, 0.5) is 5.69 Å². The minimum Gasteiger partial charge on any atom is -0.369 e. The first-order chi connectivity index (χ1) is 15.0. The van der Waals surface area contributed by atoms with Crippen molar-refractivity contribution < 1.29 is 4.79 Å². The Labute approximate surface area is 188 Å². The van der Waals surface area contributed by atoms with Gasteiger partial charge in [-0.2, -0.15) is 5.10 Å². The van der Waals surface area contributed by atoms with Crippen LogP contribution in [0.2, 0.25) is 5.15 Å². The Kier molecular flexibility index (Phi) is 6.59. The molecule has 2 heterocycles. The van der Waals surface area contributed by atoms with Gasteiger partial charge in [0.15, 0.2) is 0 Å². The summed E-state index contributed by atoms with van der Waals surface area (Å²) in [5, 5.41) is 7.91. The van der Waals surface area contributed by atoms with Crippen LogP contribution >= 0.6 is 11.6 Å². The van der Waals surface area contributed by atoms with Crippen molar-refractivity contribution in [3.63, 3.8) is 0 Å². The highest BCUT2D eigenvalue weighted by Gasteiger charge is 2.21. The molecule has 162 valence electrons. The zero-order valence-electron chi connectivity index (χ0n) is 18.0. The van der Waals surface area contributed by atoms with Gasteiger partial charge in [0.05, 0.1) is 17.8 Å². The number of piperazine rings is 1. The minimum absolute atomic E-state index is 0.199. The van der Waals surface area contributed by atoms with Gasteiger partial charge in [-0.05, 0) is 31.2 Å². The zero-order chi connectivity index (χ0) is 21.8. The minimum atomic E-state index is -0.199. The van der Waals surface area contributed by atoms with Gasteiger partial charge in [0, 0.05) is 38.4 Å². The standard InChI is InChI=1S/C24H28ClN5O/c1-18-22(23(25)30(27-18)17-19-8-4-3-5-9-19)24(31)26-16-20-10-6-7-11-21(20)29-14-12-28(2)13-15-29/h3-11H,12-17H2,1-2H3,(H,26,31). The van der Waals surface area contributed by atoms with E-state index in [1.165, 1.54) is 5.69 Å². The molecule has 0 saturated carbocycles. The Bertz CT molecular complexity index is 1040. The summed E-state index contributed by atoms with van der Waals surface area (Å²) in [5.41, 5.74) is 4.43. The van der Waals surface area contributed by atoms with Gasteiger partial charge in [-0.15, -0.1) is 0 Å². The molecule has 1 aromatic heterocycles. The molecule has 0 unspecified atom stereocenters. The van der Waals surface area contributed by atoms with Crippen molar-refractivity contribution in [2.24, 2.45) is 0 Å². The molecule has 2 aromatic carbocycles. The van der Waals surface area contributed by atoms with Crippen molar-refractivity contribution in [2.75, 3.05) is 38.1 Å². The molecule has 1 amide bonds. The third kappa shape index (κ3) is 4.92. The maximum absolute atomic E-state index is 13.0. The number of amides is 1. The summed E-state index contributed by atoms with van der Waals surface area (Å²) in [7, 11) is 2.15. The molecule has 0 spiro atoms. The topological polar surface area (TPSA) is 53.4 Å². The molecule has 1 fully saturated rings. The fraction of sp³-hybridized carbons (Fsp3) is 0.333. The lowest BCUT2D eigenvalue weighted by atomic mass is 10.1. The van der Waals surface area contributed by atoms with Gasteiger partial charge >= 0.3 is 0 Å². The molecule has 1 N–H and O–H groups in total. The van der Waals surface area contributed by atoms with Crippen molar-refractivity contribution in [3.8, 4) is 0 Å². The number of nitrogens with zero attached hydrogens (tertiary/aromatic N) is 4. The smallest absolute Gasteiger partial charge is 0.256 e. The second-order valence-electron chi connectivity index (χ2n) is 8.00. The summed E-state index contributed by atoms with van der Waals surface area (Å²) in [4.78, 5) is 17.7. The third-order valence-electron chi connectivity index (χ3n) is 5.74. The van der Waals surface area contributed by atoms with E-state index >= 15 is 0 Å². The van der Waals surface area contributed by atoms with E-state index in [2.05, 4.69) is 39.4 Å². The summed E-state index contributed by atoms with van der Waals surface area (Å²) >= 11 is 6.55. The van der Waals surface area contributed by atoms with E-state index < -0.39 is 0 Å². The van der Waals surface area contributed by atoms with Gasteiger partial charge in [0.1, 0.15) is 5.15 Å². The van der Waals surface area contributed by atoms with Gasteiger partial charge in [-0.1, -0.05) is 60.1 Å². The highest BCUT2D eigenvalue weighted by Crippen LogP contribution is 2.23. The fourth-order valence-electron chi connectivity index (χ4n) is 3.95. The first-order valence-corrected chi connectivity index (χ1v) is 11.0. The highest BCUT2D eigenvalue weighted by atomic mass is 35.5. The van der Waals surface area contributed by atoms with Crippen molar-refractivity contribution in [2.45, 2.75) is 20.0 Å². The van der Waals surface area contributed by atoms with Crippen LogP contribution in [0.25, 0.3) is 0 Å².